The highest BCUT2D eigenvalue weighted by Gasteiger charge is 2.30. The summed E-state index contributed by atoms with van der Waals surface area (Å²) in [7, 11) is -3.63. The molecule has 2 heterocycles. The molecule has 0 spiro atoms. The van der Waals surface area contributed by atoms with Crippen molar-refractivity contribution in [2.24, 2.45) is 0 Å². The lowest BCUT2D eigenvalue weighted by molar-refractivity contribution is 0.394. The van der Waals surface area contributed by atoms with Crippen molar-refractivity contribution in [3.05, 3.63) is 45.6 Å². The van der Waals surface area contributed by atoms with Gasteiger partial charge in [-0.1, -0.05) is 0 Å². The van der Waals surface area contributed by atoms with Crippen LogP contribution in [-0.4, -0.2) is 19.3 Å². The number of nitrogens with zero attached hydrogens (tertiary/aromatic N) is 2. The Labute approximate surface area is 127 Å². The van der Waals surface area contributed by atoms with Gasteiger partial charge in [-0.05, 0) is 41.6 Å². The second kappa shape index (κ2) is 5.15. The highest BCUT2D eigenvalue weighted by Crippen LogP contribution is 2.30. The zero-order valence-electron chi connectivity index (χ0n) is 11.1. The lowest BCUT2D eigenvalue weighted by Gasteiger charge is -2.26. The lowest BCUT2D eigenvalue weighted by atomic mass is 10.1. The van der Waals surface area contributed by atoms with Crippen LogP contribution in [0.2, 0.25) is 0 Å². The van der Waals surface area contributed by atoms with Crippen LogP contribution >= 0.6 is 11.3 Å². The van der Waals surface area contributed by atoms with Crippen LogP contribution < -0.4 is 5.73 Å². The number of hydrogen-bond acceptors (Lipinski definition) is 5. The number of fused-ring (bicyclic) bond motifs is 1. The molecule has 108 valence electrons. The Hall–Kier alpha value is -1.88. The molecule has 2 aromatic rings. The molecule has 0 amide bonds. The number of nitriles is 1. The number of benzene rings is 1. The van der Waals surface area contributed by atoms with E-state index in [1.807, 2.05) is 17.5 Å². The fourth-order valence-electron chi connectivity index (χ4n) is 2.42. The third-order valence-corrected chi connectivity index (χ3v) is 6.47. The molecule has 1 aromatic carbocycles. The van der Waals surface area contributed by atoms with Gasteiger partial charge in [-0.2, -0.15) is 9.57 Å². The minimum Gasteiger partial charge on any atom is -0.398 e. The Balaban J connectivity index is 1.97. The maximum atomic E-state index is 12.7. The Bertz CT molecular complexity index is 834. The molecular weight excluding hydrogens is 306 g/mol. The predicted octanol–water partition coefficient (Wildman–Crippen LogP) is 1.95. The lowest BCUT2D eigenvalue weighted by Crippen LogP contribution is -2.35. The average Bonchev–Trinajstić information content (AvgIpc) is 2.94. The fraction of sp³-hybridized carbons (Fsp3) is 0.214. The molecule has 0 unspecified atom stereocenters. The smallest absolute Gasteiger partial charge is 0.245 e. The van der Waals surface area contributed by atoms with Gasteiger partial charge in [0.1, 0.15) is 4.90 Å². The number of anilines is 1. The molecule has 0 radical (unpaired) electrons. The molecule has 1 aliphatic rings. The quantitative estimate of drug-likeness (QED) is 0.857. The summed E-state index contributed by atoms with van der Waals surface area (Å²) in [6, 6.07) is 8.19. The molecule has 3 rings (SSSR count). The number of nitrogen functional groups attached to an aromatic ring is 1. The number of thiophene rings is 1. The van der Waals surface area contributed by atoms with Crippen molar-refractivity contribution in [2.75, 3.05) is 12.3 Å². The molecule has 1 aliphatic heterocycles. The van der Waals surface area contributed by atoms with Crippen LogP contribution in [-0.2, 0) is 23.0 Å². The van der Waals surface area contributed by atoms with Crippen LogP contribution in [0.5, 0.6) is 0 Å². The molecule has 5 nitrogen and oxygen atoms in total. The van der Waals surface area contributed by atoms with Gasteiger partial charge < -0.3 is 5.73 Å². The molecular formula is C14H13N3O2S2. The van der Waals surface area contributed by atoms with Gasteiger partial charge in [0.15, 0.2) is 0 Å². The van der Waals surface area contributed by atoms with Gasteiger partial charge in [0.25, 0.3) is 0 Å². The van der Waals surface area contributed by atoms with Gasteiger partial charge in [0.05, 0.1) is 17.3 Å². The monoisotopic (exact) mass is 319 g/mol. The molecule has 1 aromatic heterocycles. The first-order valence-electron chi connectivity index (χ1n) is 6.37. The van der Waals surface area contributed by atoms with E-state index in [9.17, 15) is 8.42 Å². The summed E-state index contributed by atoms with van der Waals surface area (Å²) in [4.78, 5) is 1.31. The summed E-state index contributed by atoms with van der Waals surface area (Å²) < 4.78 is 26.9. The van der Waals surface area contributed by atoms with E-state index in [0.29, 0.717) is 18.7 Å². The molecule has 0 saturated carbocycles. The molecule has 0 saturated heterocycles. The second-order valence-corrected chi connectivity index (χ2v) is 7.73. The van der Waals surface area contributed by atoms with Crippen LogP contribution in [0.15, 0.2) is 34.5 Å². The summed E-state index contributed by atoms with van der Waals surface area (Å²) in [5, 5.41) is 10.8. The van der Waals surface area contributed by atoms with E-state index in [1.165, 1.54) is 27.4 Å². The van der Waals surface area contributed by atoms with E-state index in [4.69, 9.17) is 11.0 Å². The summed E-state index contributed by atoms with van der Waals surface area (Å²) in [6.07, 6.45) is 0.725. The third kappa shape index (κ3) is 2.42. The van der Waals surface area contributed by atoms with Crippen molar-refractivity contribution in [3.8, 4) is 6.07 Å². The van der Waals surface area contributed by atoms with E-state index >= 15 is 0 Å². The van der Waals surface area contributed by atoms with Crippen LogP contribution in [0.1, 0.15) is 16.0 Å². The summed E-state index contributed by atoms with van der Waals surface area (Å²) in [5.74, 6) is 0. The topological polar surface area (TPSA) is 87.2 Å². The second-order valence-electron chi connectivity index (χ2n) is 4.82. The highest BCUT2D eigenvalue weighted by atomic mass is 32.2. The molecule has 0 aliphatic carbocycles. The first kappa shape index (κ1) is 14.1. The Morgan fingerprint density at radius 1 is 1.33 bits per heavy atom. The first-order valence-corrected chi connectivity index (χ1v) is 8.69. The van der Waals surface area contributed by atoms with E-state index < -0.39 is 10.0 Å². The van der Waals surface area contributed by atoms with Gasteiger partial charge in [-0.3, -0.25) is 0 Å². The van der Waals surface area contributed by atoms with E-state index in [2.05, 4.69) is 0 Å². The Kier molecular flexibility index (Phi) is 3.45. The van der Waals surface area contributed by atoms with Crippen LogP contribution in [0, 0.1) is 11.3 Å². The van der Waals surface area contributed by atoms with Crippen molar-refractivity contribution in [3.63, 3.8) is 0 Å². The van der Waals surface area contributed by atoms with Gasteiger partial charge in [0.2, 0.25) is 10.0 Å². The van der Waals surface area contributed by atoms with Crippen molar-refractivity contribution in [1.29, 1.82) is 5.26 Å². The van der Waals surface area contributed by atoms with Gasteiger partial charge in [0, 0.05) is 18.0 Å². The molecule has 0 fully saturated rings. The Morgan fingerprint density at radius 3 is 2.86 bits per heavy atom. The molecule has 7 heteroatoms. The van der Waals surface area contributed by atoms with Gasteiger partial charge in [-0.15, -0.1) is 11.3 Å². The Morgan fingerprint density at radius 2 is 2.14 bits per heavy atom. The highest BCUT2D eigenvalue weighted by molar-refractivity contribution is 7.89. The van der Waals surface area contributed by atoms with Gasteiger partial charge >= 0.3 is 0 Å². The van der Waals surface area contributed by atoms with Gasteiger partial charge in [-0.25, -0.2) is 8.42 Å². The third-order valence-electron chi connectivity index (χ3n) is 3.53. The number of sulfonamides is 1. The van der Waals surface area contributed by atoms with E-state index in [-0.39, 0.29) is 10.6 Å². The molecule has 0 bridgehead atoms. The minimum absolute atomic E-state index is 0.0696. The predicted molar refractivity (Wildman–Crippen MR) is 81.2 cm³/mol. The molecule has 2 N–H and O–H groups in total. The summed E-state index contributed by atoms with van der Waals surface area (Å²) in [5.41, 5.74) is 7.33. The van der Waals surface area contributed by atoms with E-state index in [0.717, 1.165) is 12.0 Å². The maximum absolute atomic E-state index is 12.7. The minimum atomic E-state index is -3.63. The van der Waals surface area contributed by atoms with Crippen LogP contribution in [0.25, 0.3) is 0 Å². The standard InChI is InChI=1S/C14H13N3O2S2/c15-8-10-1-2-14(12(16)7-10)21(18,19)17-5-3-13-11(9-17)4-6-20-13/h1-2,4,6-7H,3,5,9,16H2. The first-order chi connectivity index (χ1) is 10.0. The van der Waals surface area contributed by atoms with Crippen molar-refractivity contribution in [1.82, 2.24) is 4.31 Å². The summed E-state index contributed by atoms with van der Waals surface area (Å²) >= 11 is 1.66. The zero-order chi connectivity index (χ0) is 15.0. The summed E-state index contributed by atoms with van der Waals surface area (Å²) in [6.45, 7) is 0.829. The van der Waals surface area contributed by atoms with Crippen LogP contribution in [0.3, 0.4) is 0 Å². The van der Waals surface area contributed by atoms with Crippen molar-refractivity contribution < 1.29 is 8.42 Å². The fourth-order valence-corrected chi connectivity index (χ4v) is 4.83. The SMILES string of the molecule is N#Cc1ccc(S(=O)(=O)N2CCc3sccc3C2)c(N)c1. The maximum Gasteiger partial charge on any atom is 0.245 e. The molecule has 21 heavy (non-hydrogen) atoms. The van der Waals surface area contributed by atoms with E-state index in [1.54, 1.807) is 11.3 Å². The van der Waals surface area contributed by atoms with Crippen molar-refractivity contribution >= 4 is 27.0 Å². The van der Waals surface area contributed by atoms with Crippen molar-refractivity contribution in [2.45, 2.75) is 17.9 Å². The number of rotatable bonds is 2. The number of hydrogen-bond donors (Lipinski definition) is 1. The number of nitrogens with two attached hydrogens (primary N) is 1. The normalized spacial score (nSPS) is 15.4. The van der Waals surface area contributed by atoms with Crippen LogP contribution in [0.4, 0.5) is 5.69 Å². The molecule has 0 atom stereocenters. The average molecular weight is 319 g/mol. The largest absolute Gasteiger partial charge is 0.398 e. The zero-order valence-corrected chi connectivity index (χ0v) is 12.7.